The van der Waals surface area contributed by atoms with Crippen molar-refractivity contribution in [3.05, 3.63) is 199 Å². The fourth-order valence-corrected chi connectivity index (χ4v) is 9.26. The molecule has 3 heterocycles. The number of allylic oxidation sites excluding steroid dienone is 5. The second kappa shape index (κ2) is 13.7. The molecule has 1 aliphatic carbocycles. The predicted octanol–water partition coefficient (Wildman–Crippen LogP) is 14.3. The molecule has 11 rings (SSSR count). The quantitative estimate of drug-likeness (QED) is 0.151. The maximum Gasteiger partial charge on any atom is 0.164 e. The molecule has 0 amide bonds. The molecule has 7 aromatic carbocycles. The second-order valence-electron chi connectivity index (χ2n) is 16.1. The minimum absolute atomic E-state index is 0.120. The van der Waals surface area contributed by atoms with Gasteiger partial charge in [-0.1, -0.05) is 166 Å². The summed E-state index contributed by atoms with van der Waals surface area (Å²) in [6, 6.07) is 53.5. The highest BCUT2D eigenvalue weighted by Crippen LogP contribution is 2.53. The third-order valence-corrected chi connectivity index (χ3v) is 12.2. The minimum atomic E-state index is -0.120. The molecule has 0 aliphatic heterocycles. The van der Waals surface area contributed by atoms with Gasteiger partial charge in [0.25, 0.3) is 0 Å². The van der Waals surface area contributed by atoms with Crippen molar-refractivity contribution in [2.24, 2.45) is 0 Å². The van der Waals surface area contributed by atoms with Crippen molar-refractivity contribution in [3.8, 4) is 51.0 Å². The molecule has 0 radical (unpaired) electrons. The van der Waals surface area contributed by atoms with Crippen LogP contribution in [0.1, 0.15) is 37.5 Å². The van der Waals surface area contributed by atoms with Crippen LogP contribution in [0.4, 0.5) is 0 Å². The minimum Gasteiger partial charge on any atom is -0.455 e. The Kier molecular flexibility index (Phi) is 8.14. The zero-order valence-corrected chi connectivity index (χ0v) is 33.6. The molecule has 1 aliphatic rings. The second-order valence-corrected chi connectivity index (χ2v) is 16.1. The number of rotatable bonds is 7. The van der Waals surface area contributed by atoms with Gasteiger partial charge >= 0.3 is 0 Å². The maximum atomic E-state index is 6.64. The molecule has 10 aromatic rings. The number of aromatic nitrogens is 4. The summed E-state index contributed by atoms with van der Waals surface area (Å²) >= 11 is 0. The summed E-state index contributed by atoms with van der Waals surface area (Å²) in [5, 5.41) is 4.56. The molecule has 0 atom stereocenters. The van der Waals surface area contributed by atoms with E-state index in [0.29, 0.717) is 17.5 Å². The van der Waals surface area contributed by atoms with Crippen LogP contribution in [0.15, 0.2) is 187 Å². The van der Waals surface area contributed by atoms with Crippen molar-refractivity contribution in [2.45, 2.75) is 26.2 Å². The topological polar surface area (TPSA) is 56.7 Å². The molecule has 60 heavy (non-hydrogen) atoms. The van der Waals surface area contributed by atoms with Gasteiger partial charge in [0.15, 0.2) is 17.5 Å². The van der Waals surface area contributed by atoms with Crippen LogP contribution in [-0.4, -0.2) is 19.5 Å². The summed E-state index contributed by atoms with van der Waals surface area (Å²) < 4.78 is 9.07. The fourth-order valence-electron chi connectivity index (χ4n) is 9.26. The van der Waals surface area contributed by atoms with E-state index >= 15 is 0 Å². The first kappa shape index (κ1) is 35.5. The summed E-state index contributed by atoms with van der Waals surface area (Å²) in [5.74, 6) is 1.78. The Morgan fingerprint density at radius 2 is 1.28 bits per heavy atom. The van der Waals surface area contributed by atoms with E-state index in [2.05, 4.69) is 159 Å². The highest BCUT2D eigenvalue weighted by atomic mass is 16.3. The van der Waals surface area contributed by atoms with Gasteiger partial charge in [-0.15, -0.1) is 0 Å². The molecule has 0 bridgehead atoms. The Labute approximate surface area is 348 Å². The summed E-state index contributed by atoms with van der Waals surface area (Å²) in [6.07, 6.45) is 7.77. The Balaban J connectivity index is 1.09. The van der Waals surface area contributed by atoms with Crippen LogP contribution in [0.25, 0.3) is 100 Å². The molecule has 0 fully saturated rings. The lowest BCUT2D eigenvalue weighted by molar-refractivity contribution is 0.661. The van der Waals surface area contributed by atoms with Crippen LogP contribution in [-0.2, 0) is 5.41 Å². The van der Waals surface area contributed by atoms with E-state index in [1.54, 1.807) is 6.08 Å². The van der Waals surface area contributed by atoms with Crippen LogP contribution >= 0.6 is 0 Å². The van der Waals surface area contributed by atoms with Crippen molar-refractivity contribution >= 4 is 49.3 Å². The molecule has 0 unspecified atom stereocenters. The highest BCUT2D eigenvalue weighted by Gasteiger charge is 2.37. The van der Waals surface area contributed by atoms with Crippen molar-refractivity contribution in [3.63, 3.8) is 0 Å². The molecule has 0 saturated carbocycles. The van der Waals surface area contributed by atoms with Gasteiger partial charge < -0.3 is 8.98 Å². The lowest BCUT2D eigenvalue weighted by Crippen LogP contribution is -2.14. The van der Waals surface area contributed by atoms with Gasteiger partial charge in [0.05, 0.1) is 11.0 Å². The average molecular weight is 773 g/mol. The smallest absolute Gasteiger partial charge is 0.164 e. The fraction of sp³-hybridized carbons (Fsp3) is 0.0727. The monoisotopic (exact) mass is 772 g/mol. The SMILES string of the molecule is C=C/C=C\C=C(/C)c1cccc2c1oc1cc(-c3nc(-c4ccccc4)nc(-c4cccc(-n5c6ccccc6c6ccc7c(c65)-c5ccccc5C7(C)C)c4)n3)ccc12. The number of hydrogen-bond donors (Lipinski definition) is 0. The third-order valence-electron chi connectivity index (χ3n) is 12.2. The van der Waals surface area contributed by atoms with Crippen molar-refractivity contribution in [1.29, 1.82) is 0 Å². The Hall–Kier alpha value is -7.63. The zero-order valence-electron chi connectivity index (χ0n) is 33.6. The van der Waals surface area contributed by atoms with E-state index < -0.39 is 0 Å². The largest absolute Gasteiger partial charge is 0.455 e. The number of furan rings is 1. The van der Waals surface area contributed by atoms with Gasteiger partial charge in [-0.05, 0) is 59.5 Å². The van der Waals surface area contributed by atoms with Gasteiger partial charge in [-0.3, -0.25) is 0 Å². The summed E-state index contributed by atoms with van der Waals surface area (Å²) in [5.41, 5.74) is 15.0. The Morgan fingerprint density at radius 1 is 0.600 bits per heavy atom. The van der Waals surface area contributed by atoms with Crippen molar-refractivity contribution in [2.75, 3.05) is 0 Å². The molecule has 5 nitrogen and oxygen atoms in total. The third kappa shape index (κ3) is 5.50. The van der Waals surface area contributed by atoms with E-state index in [-0.39, 0.29) is 5.41 Å². The standard InChI is InChI=1S/C55H40N4O/c1-5-6-8-17-34(2)39-24-16-25-43-41-29-28-37(33-48(41)60-51(39)43)54-57-52(35-18-9-7-10-19-35)56-53(58-54)36-20-15-21-38(32-36)59-47-27-14-12-22-40(47)42-30-31-46-49(50(42)59)44-23-11-13-26-45(44)55(46,3)4/h5-33H,1H2,2-4H3/b8-6-,34-17+. The summed E-state index contributed by atoms with van der Waals surface area (Å²) in [4.78, 5) is 15.4. The lowest BCUT2D eigenvalue weighted by atomic mass is 9.82. The van der Waals surface area contributed by atoms with E-state index in [1.165, 1.54) is 38.5 Å². The predicted molar refractivity (Wildman–Crippen MR) is 248 cm³/mol. The first-order valence-electron chi connectivity index (χ1n) is 20.4. The Bertz CT molecular complexity index is 3430. The average Bonchev–Trinajstić information content (AvgIpc) is 3.92. The van der Waals surface area contributed by atoms with E-state index in [4.69, 9.17) is 19.4 Å². The van der Waals surface area contributed by atoms with Gasteiger partial charge in [0.1, 0.15) is 11.2 Å². The number of para-hydroxylation sites is 2. The van der Waals surface area contributed by atoms with Crippen LogP contribution in [0.3, 0.4) is 0 Å². The summed E-state index contributed by atoms with van der Waals surface area (Å²) in [7, 11) is 0. The van der Waals surface area contributed by atoms with Gasteiger partial charge in [0.2, 0.25) is 0 Å². The Morgan fingerprint density at radius 3 is 2.12 bits per heavy atom. The molecule has 3 aromatic heterocycles. The van der Waals surface area contributed by atoms with E-state index in [1.807, 2.05) is 42.5 Å². The molecule has 0 N–H and O–H groups in total. The molecule has 286 valence electrons. The number of fused-ring (bicyclic) bond motifs is 10. The highest BCUT2D eigenvalue weighted by molar-refractivity contribution is 6.16. The van der Waals surface area contributed by atoms with Gasteiger partial charge in [-0.2, -0.15) is 0 Å². The van der Waals surface area contributed by atoms with E-state index in [9.17, 15) is 0 Å². The van der Waals surface area contributed by atoms with Gasteiger partial charge in [0, 0.05) is 60.5 Å². The van der Waals surface area contributed by atoms with Crippen LogP contribution < -0.4 is 0 Å². The summed E-state index contributed by atoms with van der Waals surface area (Å²) in [6.45, 7) is 10.6. The van der Waals surface area contributed by atoms with E-state index in [0.717, 1.165) is 61.0 Å². The molecular formula is C55H40N4O. The molecule has 0 saturated heterocycles. The zero-order chi connectivity index (χ0) is 40.5. The van der Waals surface area contributed by atoms with Crippen LogP contribution in [0.5, 0.6) is 0 Å². The molecule has 5 heteroatoms. The number of benzene rings is 7. The van der Waals surface area contributed by atoms with Crippen LogP contribution in [0.2, 0.25) is 0 Å². The van der Waals surface area contributed by atoms with Crippen molar-refractivity contribution in [1.82, 2.24) is 19.5 Å². The number of hydrogen-bond acceptors (Lipinski definition) is 4. The first-order chi connectivity index (χ1) is 29.4. The lowest BCUT2D eigenvalue weighted by Gasteiger charge is -2.21. The maximum absolute atomic E-state index is 6.64. The normalized spacial score (nSPS) is 13.5. The molecule has 0 spiro atoms. The molecular weight excluding hydrogens is 733 g/mol. The van der Waals surface area contributed by atoms with Crippen molar-refractivity contribution < 1.29 is 4.42 Å². The first-order valence-corrected chi connectivity index (χ1v) is 20.4. The van der Waals surface area contributed by atoms with Gasteiger partial charge in [-0.25, -0.2) is 15.0 Å². The number of nitrogens with zero attached hydrogens (tertiary/aromatic N) is 4. The van der Waals surface area contributed by atoms with Crippen LogP contribution in [0, 0.1) is 0 Å².